The largest absolute Gasteiger partial charge is 0.508 e. The predicted molar refractivity (Wildman–Crippen MR) is 99.8 cm³/mol. The minimum Gasteiger partial charge on any atom is -0.508 e. The standard InChI is InChI=1S/C22H21NO2/c24-20-13-11-19(12-14-20)22(25)23-16-15-21(17-7-3-1-4-8-17)18-9-5-2-6-10-18/h1-14,21,24H,15-16H2,(H,23,25). The molecule has 0 saturated carbocycles. The van der Waals surface area contributed by atoms with Gasteiger partial charge in [0, 0.05) is 18.0 Å². The molecule has 25 heavy (non-hydrogen) atoms. The van der Waals surface area contributed by atoms with Crippen LogP contribution in [0.2, 0.25) is 0 Å². The molecule has 3 aromatic carbocycles. The third-order valence-corrected chi connectivity index (χ3v) is 4.25. The molecule has 126 valence electrons. The number of benzene rings is 3. The van der Waals surface area contributed by atoms with Crippen molar-refractivity contribution in [2.24, 2.45) is 0 Å². The fraction of sp³-hybridized carbons (Fsp3) is 0.136. The van der Waals surface area contributed by atoms with Gasteiger partial charge in [0.1, 0.15) is 5.75 Å². The summed E-state index contributed by atoms with van der Waals surface area (Å²) < 4.78 is 0. The monoisotopic (exact) mass is 331 g/mol. The van der Waals surface area contributed by atoms with E-state index in [4.69, 9.17) is 0 Å². The molecule has 3 heteroatoms. The number of nitrogens with one attached hydrogen (secondary N) is 1. The van der Waals surface area contributed by atoms with Crippen LogP contribution < -0.4 is 5.32 Å². The number of rotatable bonds is 6. The van der Waals surface area contributed by atoms with E-state index in [2.05, 4.69) is 29.6 Å². The number of phenols is 1. The Kier molecular flexibility index (Phi) is 5.47. The Bertz CT molecular complexity index is 759. The van der Waals surface area contributed by atoms with Crippen LogP contribution in [-0.2, 0) is 0 Å². The highest BCUT2D eigenvalue weighted by molar-refractivity contribution is 5.94. The second-order valence-corrected chi connectivity index (χ2v) is 5.97. The molecule has 2 N–H and O–H groups in total. The van der Waals surface area contributed by atoms with Crippen molar-refractivity contribution in [3.8, 4) is 5.75 Å². The van der Waals surface area contributed by atoms with Gasteiger partial charge < -0.3 is 10.4 Å². The summed E-state index contributed by atoms with van der Waals surface area (Å²) in [5, 5.41) is 12.3. The topological polar surface area (TPSA) is 49.3 Å². The molecule has 0 radical (unpaired) electrons. The zero-order valence-corrected chi connectivity index (χ0v) is 13.9. The molecule has 3 rings (SSSR count). The van der Waals surface area contributed by atoms with Crippen molar-refractivity contribution < 1.29 is 9.90 Å². The molecular formula is C22H21NO2. The molecule has 0 bridgehead atoms. The first-order chi connectivity index (χ1) is 12.2. The predicted octanol–water partition coefficient (Wildman–Crippen LogP) is 4.34. The summed E-state index contributed by atoms with van der Waals surface area (Å²) in [6.45, 7) is 0.578. The molecular weight excluding hydrogens is 310 g/mol. The van der Waals surface area contributed by atoms with Gasteiger partial charge in [0.05, 0.1) is 0 Å². The second-order valence-electron chi connectivity index (χ2n) is 5.97. The van der Waals surface area contributed by atoms with E-state index >= 15 is 0 Å². The molecule has 3 aromatic rings. The van der Waals surface area contributed by atoms with Crippen molar-refractivity contribution in [3.63, 3.8) is 0 Å². The van der Waals surface area contributed by atoms with Crippen molar-refractivity contribution >= 4 is 5.91 Å². The van der Waals surface area contributed by atoms with E-state index in [-0.39, 0.29) is 17.6 Å². The highest BCUT2D eigenvalue weighted by atomic mass is 16.3. The summed E-state index contributed by atoms with van der Waals surface area (Å²) in [4.78, 5) is 12.2. The lowest BCUT2D eigenvalue weighted by molar-refractivity contribution is 0.0953. The van der Waals surface area contributed by atoms with Gasteiger partial charge in [-0.05, 0) is 41.8 Å². The van der Waals surface area contributed by atoms with Crippen LogP contribution >= 0.6 is 0 Å². The molecule has 0 fully saturated rings. The Morgan fingerprint density at radius 1 is 0.800 bits per heavy atom. The van der Waals surface area contributed by atoms with E-state index in [0.29, 0.717) is 12.1 Å². The highest BCUT2D eigenvalue weighted by Gasteiger charge is 2.14. The molecule has 0 spiro atoms. The number of phenolic OH excluding ortho intramolecular Hbond substituents is 1. The van der Waals surface area contributed by atoms with E-state index < -0.39 is 0 Å². The SMILES string of the molecule is O=C(NCCC(c1ccccc1)c1ccccc1)c1ccc(O)cc1. The van der Waals surface area contributed by atoms with Crippen LogP contribution in [0.4, 0.5) is 0 Å². The summed E-state index contributed by atoms with van der Waals surface area (Å²) in [6, 6.07) is 27.0. The van der Waals surface area contributed by atoms with Gasteiger partial charge in [-0.1, -0.05) is 60.7 Å². The molecule has 0 aliphatic rings. The fourth-order valence-corrected chi connectivity index (χ4v) is 2.94. The number of hydrogen-bond acceptors (Lipinski definition) is 2. The Balaban J connectivity index is 1.67. The van der Waals surface area contributed by atoms with Gasteiger partial charge in [-0.25, -0.2) is 0 Å². The van der Waals surface area contributed by atoms with Crippen LogP contribution in [0, 0.1) is 0 Å². The van der Waals surface area contributed by atoms with Gasteiger partial charge in [-0.15, -0.1) is 0 Å². The molecule has 0 aliphatic heterocycles. The normalized spacial score (nSPS) is 10.6. The first-order valence-corrected chi connectivity index (χ1v) is 8.41. The molecule has 0 heterocycles. The lowest BCUT2D eigenvalue weighted by Gasteiger charge is -2.18. The quantitative estimate of drug-likeness (QED) is 0.706. The molecule has 0 saturated heterocycles. The van der Waals surface area contributed by atoms with E-state index in [1.807, 2.05) is 36.4 Å². The third-order valence-electron chi connectivity index (χ3n) is 4.25. The van der Waals surface area contributed by atoms with E-state index in [9.17, 15) is 9.90 Å². The number of carbonyl (C=O) groups excluding carboxylic acids is 1. The first kappa shape index (κ1) is 16.8. The van der Waals surface area contributed by atoms with Crippen LogP contribution in [0.25, 0.3) is 0 Å². The minimum atomic E-state index is -0.125. The van der Waals surface area contributed by atoms with Crippen molar-refractivity contribution in [2.45, 2.75) is 12.3 Å². The van der Waals surface area contributed by atoms with Crippen molar-refractivity contribution in [1.29, 1.82) is 0 Å². The average Bonchev–Trinajstić information content (AvgIpc) is 2.67. The lowest BCUT2D eigenvalue weighted by Crippen LogP contribution is -2.25. The number of aromatic hydroxyl groups is 1. The molecule has 0 atom stereocenters. The van der Waals surface area contributed by atoms with Gasteiger partial charge in [-0.3, -0.25) is 4.79 Å². The Morgan fingerprint density at radius 3 is 1.84 bits per heavy atom. The number of hydrogen-bond donors (Lipinski definition) is 2. The number of amides is 1. The van der Waals surface area contributed by atoms with Crippen LogP contribution in [-0.4, -0.2) is 17.6 Å². The van der Waals surface area contributed by atoms with Gasteiger partial charge >= 0.3 is 0 Å². The summed E-state index contributed by atoms with van der Waals surface area (Å²) in [7, 11) is 0. The fourth-order valence-electron chi connectivity index (χ4n) is 2.94. The van der Waals surface area contributed by atoms with Gasteiger partial charge in [0.25, 0.3) is 5.91 Å². The Labute approximate surface area is 148 Å². The van der Waals surface area contributed by atoms with Crippen LogP contribution in [0.15, 0.2) is 84.9 Å². The first-order valence-electron chi connectivity index (χ1n) is 8.41. The van der Waals surface area contributed by atoms with E-state index in [1.165, 1.54) is 23.3 Å². The molecule has 1 amide bonds. The van der Waals surface area contributed by atoms with Crippen LogP contribution in [0.1, 0.15) is 33.8 Å². The van der Waals surface area contributed by atoms with Crippen LogP contribution in [0.5, 0.6) is 5.75 Å². The van der Waals surface area contributed by atoms with Crippen molar-refractivity contribution in [3.05, 3.63) is 102 Å². The second kappa shape index (κ2) is 8.15. The van der Waals surface area contributed by atoms with Gasteiger partial charge in [0.15, 0.2) is 0 Å². The van der Waals surface area contributed by atoms with Crippen molar-refractivity contribution in [2.75, 3.05) is 6.54 Å². The van der Waals surface area contributed by atoms with Crippen molar-refractivity contribution in [1.82, 2.24) is 5.32 Å². The molecule has 0 unspecified atom stereocenters. The minimum absolute atomic E-state index is 0.125. The summed E-state index contributed by atoms with van der Waals surface area (Å²) in [6.07, 6.45) is 0.817. The van der Waals surface area contributed by atoms with E-state index in [0.717, 1.165) is 6.42 Å². The highest BCUT2D eigenvalue weighted by Crippen LogP contribution is 2.27. The zero-order valence-electron chi connectivity index (χ0n) is 13.9. The Hall–Kier alpha value is -3.07. The maximum atomic E-state index is 12.2. The third kappa shape index (κ3) is 4.48. The van der Waals surface area contributed by atoms with Gasteiger partial charge in [-0.2, -0.15) is 0 Å². The summed E-state index contributed by atoms with van der Waals surface area (Å²) >= 11 is 0. The molecule has 3 nitrogen and oxygen atoms in total. The molecule has 0 aliphatic carbocycles. The molecule has 0 aromatic heterocycles. The average molecular weight is 331 g/mol. The van der Waals surface area contributed by atoms with Gasteiger partial charge in [0.2, 0.25) is 0 Å². The van der Waals surface area contributed by atoms with E-state index in [1.54, 1.807) is 12.1 Å². The number of carbonyl (C=O) groups is 1. The summed E-state index contributed by atoms with van der Waals surface area (Å²) in [5.74, 6) is 0.271. The zero-order chi connectivity index (χ0) is 17.5. The Morgan fingerprint density at radius 2 is 1.32 bits per heavy atom. The lowest BCUT2D eigenvalue weighted by atomic mass is 9.88. The smallest absolute Gasteiger partial charge is 0.251 e. The summed E-state index contributed by atoms with van der Waals surface area (Å²) in [5.41, 5.74) is 3.04. The maximum Gasteiger partial charge on any atom is 0.251 e. The maximum absolute atomic E-state index is 12.2. The van der Waals surface area contributed by atoms with Crippen LogP contribution in [0.3, 0.4) is 0 Å².